The molecule has 0 aliphatic carbocycles. The number of hydrogen-bond donors (Lipinski definition) is 0. The number of ether oxygens (including phenoxy) is 1. The molecule has 3 rings (SSSR count). The molecule has 0 aromatic heterocycles. The summed E-state index contributed by atoms with van der Waals surface area (Å²) in [5, 5.41) is 0. The molecular formula is C16H10F6O. The number of hydrogen-bond acceptors (Lipinski definition) is 1. The van der Waals surface area contributed by atoms with Gasteiger partial charge in [-0.25, -0.2) is 0 Å². The lowest BCUT2D eigenvalue weighted by Gasteiger charge is -2.32. The first-order valence-electron chi connectivity index (χ1n) is 6.65. The molecule has 0 spiro atoms. The first-order valence-corrected chi connectivity index (χ1v) is 6.65. The quantitative estimate of drug-likeness (QED) is 0.660. The minimum absolute atomic E-state index is 0.0298. The van der Waals surface area contributed by atoms with E-state index in [0.717, 1.165) is 18.2 Å². The summed E-state index contributed by atoms with van der Waals surface area (Å²) < 4.78 is 84.6. The first kappa shape index (κ1) is 15.7. The summed E-state index contributed by atoms with van der Waals surface area (Å²) in [7, 11) is 0. The number of fused-ring (bicyclic) bond motifs is 1. The Labute approximate surface area is 127 Å². The zero-order valence-corrected chi connectivity index (χ0v) is 11.5. The smallest absolute Gasteiger partial charge is 0.432 e. The predicted octanol–water partition coefficient (Wildman–Crippen LogP) is 5.10. The van der Waals surface area contributed by atoms with Crippen molar-refractivity contribution in [2.75, 3.05) is 0 Å². The van der Waals surface area contributed by atoms with Crippen LogP contribution in [0.2, 0.25) is 0 Å². The molecule has 0 fully saturated rings. The maximum Gasteiger partial charge on any atom is 0.432 e. The number of para-hydroxylation sites is 1. The lowest BCUT2D eigenvalue weighted by Crippen LogP contribution is -2.46. The van der Waals surface area contributed by atoms with Gasteiger partial charge in [0.15, 0.2) is 0 Å². The second kappa shape index (κ2) is 4.91. The van der Waals surface area contributed by atoms with Gasteiger partial charge in [-0.3, -0.25) is 0 Å². The topological polar surface area (TPSA) is 9.23 Å². The summed E-state index contributed by atoms with van der Waals surface area (Å²) in [6, 6.07) is 9.10. The third kappa shape index (κ3) is 2.54. The summed E-state index contributed by atoms with van der Waals surface area (Å²) in [6.07, 6.45) is -10.2. The maximum atomic E-state index is 13.7. The molecule has 23 heavy (non-hydrogen) atoms. The third-order valence-electron chi connectivity index (χ3n) is 3.81. The molecule has 0 amide bonds. The van der Waals surface area contributed by atoms with Crippen molar-refractivity contribution in [3.63, 3.8) is 0 Å². The molecule has 2 aromatic rings. The fourth-order valence-corrected chi connectivity index (χ4v) is 2.67. The van der Waals surface area contributed by atoms with Crippen molar-refractivity contribution < 1.29 is 31.1 Å². The molecule has 122 valence electrons. The average Bonchev–Trinajstić information content (AvgIpc) is 2.87. The van der Waals surface area contributed by atoms with Crippen LogP contribution in [0.3, 0.4) is 0 Å². The van der Waals surface area contributed by atoms with Crippen LogP contribution >= 0.6 is 0 Å². The van der Waals surface area contributed by atoms with Gasteiger partial charge < -0.3 is 4.74 Å². The van der Waals surface area contributed by atoms with Gasteiger partial charge in [0.1, 0.15) is 5.75 Å². The van der Waals surface area contributed by atoms with Crippen molar-refractivity contribution in [3.05, 3.63) is 65.2 Å². The van der Waals surface area contributed by atoms with Gasteiger partial charge in [-0.1, -0.05) is 30.3 Å². The van der Waals surface area contributed by atoms with Gasteiger partial charge in [0.25, 0.3) is 0 Å². The zero-order chi connectivity index (χ0) is 16.9. The molecular weight excluding hydrogens is 322 g/mol. The molecule has 1 aliphatic heterocycles. The normalized spacial score (nSPS) is 21.0. The van der Waals surface area contributed by atoms with Crippen LogP contribution in [0.25, 0.3) is 0 Å². The standard InChI is InChI=1S/C16H10F6O/c17-15(18,19)12-6-3-5-11(8-12)14(16(20,21)22)9-10-4-1-2-7-13(10)23-14/h1-8H,9H2. The molecule has 0 N–H and O–H groups in total. The summed E-state index contributed by atoms with van der Waals surface area (Å²) in [4.78, 5) is 0. The Morgan fingerprint density at radius 1 is 0.870 bits per heavy atom. The minimum Gasteiger partial charge on any atom is -0.472 e. The van der Waals surface area contributed by atoms with E-state index >= 15 is 0 Å². The van der Waals surface area contributed by atoms with E-state index in [1.807, 2.05) is 0 Å². The van der Waals surface area contributed by atoms with Crippen LogP contribution in [0.15, 0.2) is 48.5 Å². The van der Waals surface area contributed by atoms with Crippen molar-refractivity contribution in [1.29, 1.82) is 0 Å². The Bertz CT molecular complexity index is 707. The highest BCUT2D eigenvalue weighted by Crippen LogP contribution is 2.51. The Kier molecular flexibility index (Phi) is 3.35. The summed E-state index contributed by atoms with van der Waals surface area (Å²) in [6.45, 7) is 0. The molecule has 0 bridgehead atoms. The highest BCUT2D eigenvalue weighted by molar-refractivity contribution is 5.44. The number of rotatable bonds is 1. The maximum absolute atomic E-state index is 13.7. The molecule has 0 radical (unpaired) electrons. The van der Waals surface area contributed by atoms with Crippen LogP contribution in [0.1, 0.15) is 16.7 Å². The number of alkyl halides is 6. The predicted molar refractivity (Wildman–Crippen MR) is 70.0 cm³/mol. The van der Waals surface area contributed by atoms with Crippen molar-refractivity contribution in [2.45, 2.75) is 24.4 Å². The second-order valence-electron chi connectivity index (χ2n) is 5.29. The Morgan fingerprint density at radius 3 is 2.17 bits per heavy atom. The molecule has 1 aliphatic rings. The lowest BCUT2D eigenvalue weighted by molar-refractivity contribution is -0.248. The van der Waals surface area contributed by atoms with Crippen LogP contribution in [0.5, 0.6) is 5.75 Å². The van der Waals surface area contributed by atoms with Gasteiger partial charge in [0.2, 0.25) is 5.60 Å². The van der Waals surface area contributed by atoms with Crippen molar-refractivity contribution in [3.8, 4) is 5.75 Å². The molecule has 2 aromatic carbocycles. The number of halogens is 6. The van der Waals surface area contributed by atoms with Gasteiger partial charge in [-0.2, -0.15) is 26.3 Å². The van der Waals surface area contributed by atoms with Gasteiger partial charge in [-0.05, 0) is 23.8 Å². The molecule has 1 unspecified atom stereocenters. The Hall–Kier alpha value is -2.18. The van der Waals surface area contributed by atoms with E-state index in [-0.39, 0.29) is 5.75 Å². The van der Waals surface area contributed by atoms with E-state index in [2.05, 4.69) is 0 Å². The van der Waals surface area contributed by atoms with Crippen LogP contribution in [0.4, 0.5) is 26.3 Å². The van der Waals surface area contributed by atoms with E-state index in [1.165, 1.54) is 18.2 Å². The largest absolute Gasteiger partial charge is 0.472 e. The van der Waals surface area contributed by atoms with Crippen LogP contribution in [0, 0.1) is 0 Å². The van der Waals surface area contributed by atoms with Gasteiger partial charge >= 0.3 is 12.4 Å². The van der Waals surface area contributed by atoms with Gasteiger partial charge in [-0.15, -0.1) is 0 Å². The lowest BCUT2D eigenvalue weighted by atomic mass is 9.87. The fourth-order valence-electron chi connectivity index (χ4n) is 2.67. The first-order chi connectivity index (χ1) is 10.6. The molecule has 7 heteroatoms. The van der Waals surface area contributed by atoms with E-state index in [9.17, 15) is 26.3 Å². The zero-order valence-electron chi connectivity index (χ0n) is 11.5. The van der Waals surface area contributed by atoms with E-state index < -0.39 is 35.5 Å². The van der Waals surface area contributed by atoms with Crippen LogP contribution < -0.4 is 4.74 Å². The third-order valence-corrected chi connectivity index (χ3v) is 3.81. The fraction of sp³-hybridized carbons (Fsp3) is 0.250. The molecule has 0 saturated carbocycles. The van der Waals surface area contributed by atoms with Crippen molar-refractivity contribution in [2.24, 2.45) is 0 Å². The van der Waals surface area contributed by atoms with E-state index in [1.54, 1.807) is 6.07 Å². The van der Waals surface area contributed by atoms with Crippen LogP contribution in [-0.4, -0.2) is 6.18 Å². The van der Waals surface area contributed by atoms with Crippen LogP contribution in [-0.2, 0) is 18.2 Å². The van der Waals surface area contributed by atoms with Gasteiger partial charge in [0.05, 0.1) is 5.56 Å². The second-order valence-corrected chi connectivity index (χ2v) is 5.29. The molecule has 1 nitrogen and oxygen atoms in total. The average molecular weight is 332 g/mol. The highest BCUT2D eigenvalue weighted by Gasteiger charge is 2.61. The molecule has 0 saturated heterocycles. The summed E-state index contributed by atoms with van der Waals surface area (Å²) in [5.41, 5.74) is -4.20. The molecule has 1 atom stereocenters. The Morgan fingerprint density at radius 2 is 1.57 bits per heavy atom. The van der Waals surface area contributed by atoms with Gasteiger partial charge in [0, 0.05) is 12.0 Å². The summed E-state index contributed by atoms with van der Waals surface area (Å²) in [5.74, 6) is 0.0298. The monoisotopic (exact) mass is 332 g/mol. The van der Waals surface area contributed by atoms with Crippen molar-refractivity contribution in [1.82, 2.24) is 0 Å². The SMILES string of the molecule is FC(F)(F)c1cccc(C2(C(F)(F)F)Cc3ccccc3O2)c1. The highest BCUT2D eigenvalue weighted by atomic mass is 19.4. The van der Waals surface area contributed by atoms with E-state index in [0.29, 0.717) is 11.6 Å². The minimum atomic E-state index is -4.86. The van der Waals surface area contributed by atoms with E-state index in [4.69, 9.17) is 4.74 Å². The number of benzene rings is 2. The molecule has 1 heterocycles. The van der Waals surface area contributed by atoms with Crippen molar-refractivity contribution >= 4 is 0 Å². The summed E-state index contributed by atoms with van der Waals surface area (Å²) >= 11 is 0. The Balaban J connectivity index is 2.14.